The number of aliphatic imine (C=N–C) groups is 1. The molecule has 0 fully saturated rings. The van der Waals surface area contributed by atoms with E-state index in [-0.39, 0.29) is 12.0 Å². The summed E-state index contributed by atoms with van der Waals surface area (Å²) in [7, 11) is 0. The van der Waals surface area contributed by atoms with E-state index in [4.69, 9.17) is 4.74 Å². The van der Waals surface area contributed by atoms with E-state index in [1.54, 1.807) is 24.5 Å². The van der Waals surface area contributed by atoms with Gasteiger partial charge in [0.1, 0.15) is 5.75 Å². The molecule has 1 amide bonds. The minimum absolute atomic E-state index is 0.0925. The van der Waals surface area contributed by atoms with Crippen molar-refractivity contribution in [3.8, 4) is 5.75 Å². The van der Waals surface area contributed by atoms with Gasteiger partial charge in [0.2, 0.25) is 0 Å². The maximum atomic E-state index is 11.7. The zero-order valence-electron chi connectivity index (χ0n) is 13.2. The van der Waals surface area contributed by atoms with Crippen LogP contribution >= 0.6 is 0 Å². The molecular weight excluding hydrogens is 292 g/mol. The number of hydrogen-bond donors (Lipinski definition) is 2. The Hall–Kier alpha value is -2.73. The molecule has 2 rings (SSSR count). The molecule has 0 spiro atoms. The van der Waals surface area contributed by atoms with Crippen LogP contribution in [0.1, 0.15) is 19.4 Å². The van der Waals surface area contributed by atoms with Gasteiger partial charge in [-0.15, -0.1) is 0 Å². The van der Waals surface area contributed by atoms with Crippen LogP contribution in [0.15, 0.2) is 53.8 Å². The van der Waals surface area contributed by atoms with Gasteiger partial charge >= 0.3 is 0 Å². The molecule has 0 aliphatic heterocycles. The predicted molar refractivity (Wildman–Crippen MR) is 89.6 cm³/mol. The first-order valence-corrected chi connectivity index (χ1v) is 7.36. The van der Waals surface area contributed by atoms with E-state index in [0.717, 1.165) is 11.3 Å². The molecule has 0 aliphatic rings. The van der Waals surface area contributed by atoms with Crippen molar-refractivity contribution >= 4 is 17.8 Å². The summed E-state index contributed by atoms with van der Waals surface area (Å²) in [5.41, 5.74) is 7.07. The van der Waals surface area contributed by atoms with Crippen molar-refractivity contribution < 1.29 is 9.53 Å². The summed E-state index contributed by atoms with van der Waals surface area (Å²) in [4.78, 5) is 19.8. The fraction of sp³-hybridized carbons (Fsp3) is 0.235. The smallest absolute Gasteiger partial charge is 0.276 e. The third-order valence-electron chi connectivity index (χ3n) is 2.77. The molecule has 0 radical (unpaired) electrons. The minimum atomic E-state index is -0.325. The maximum absolute atomic E-state index is 11.7. The highest BCUT2D eigenvalue weighted by Crippen LogP contribution is 2.20. The molecule has 0 atom stereocenters. The van der Waals surface area contributed by atoms with Crippen molar-refractivity contribution in [3.05, 3.63) is 54.4 Å². The highest BCUT2D eigenvalue weighted by atomic mass is 16.5. The van der Waals surface area contributed by atoms with Crippen LogP contribution < -0.4 is 15.6 Å². The molecule has 1 aromatic heterocycles. The van der Waals surface area contributed by atoms with E-state index in [0.29, 0.717) is 12.2 Å². The van der Waals surface area contributed by atoms with E-state index < -0.39 is 0 Å². The number of hydrazine groups is 1. The Bertz CT molecular complexity index is 657. The molecule has 6 nitrogen and oxygen atoms in total. The van der Waals surface area contributed by atoms with Gasteiger partial charge in [-0.05, 0) is 43.7 Å². The molecule has 2 N–H and O–H groups in total. The molecule has 0 saturated heterocycles. The number of carbonyl (C=O) groups is 1. The molecule has 0 unspecified atom stereocenters. The number of ether oxygens (including phenoxy) is 1. The molecule has 23 heavy (non-hydrogen) atoms. The van der Waals surface area contributed by atoms with E-state index in [1.165, 1.54) is 6.21 Å². The lowest BCUT2D eigenvalue weighted by Crippen LogP contribution is -2.37. The minimum Gasteiger partial charge on any atom is -0.491 e. The van der Waals surface area contributed by atoms with Gasteiger partial charge < -0.3 is 4.74 Å². The number of nitrogens with zero attached hydrogens (tertiary/aromatic N) is 2. The quantitative estimate of drug-likeness (QED) is 0.608. The summed E-state index contributed by atoms with van der Waals surface area (Å²) in [5, 5.41) is 0. The van der Waals surface area contributed by atoms with E-state index in [2.05, 4.69) is 20.8 Å². The van der Waals surface area contributed by atoms with Crippen molar-refractivity contribution in [2.24, 2.45) is 4.99 Å². The van der Waals surface area contributed by atoms with Crippen molar-refractivity contribution in [2.45, 2.75) is 26.5 Å². The fourth-order valence-electron chi connectivity index (χ4n) is 1.81. The van der Waals surface area contributed by atoms with E-state index >= 15 is 0 Å². The van der Waals surface area contributed by atoms with Gasteiger partial charge in [0.25, 0.3) is 5.91 Å². The number of hydrogen-bond acceptors (Lipinski definition) is 5. The fourth-order valence-corrected chi connectivity index (χ4v) is 1.81. The zero-order chi connectivity index (χ0) is 16.5. The molecule has 2 aromatic rings. The zero-order valence-corrected chi connectivity index (χ0v) is 13.2. The number of rotatable bonds is 7. The lowest BCUT2D eigenvalue weighted by Gasteiger charge is -2.09. The summed E-state index contributed by atoms with van der Waals surface area (Å²) < 4.78 is 5.58. The number of benzene rings is 1. The second-order valence-electron chi connectivity index (χ2n) is 5.12. The molecule has 1 heterocycles. The number of aromatic nitrogens is 1. The summed E-state index contributed by atoms with van der Waals surface area (Å²) in [6.45, 7) is 4.43. The van der Waals surface area contributed by atoms with E-state index in [9.17, 15) is 4.79 Å². The first-order valence-electron chi connectivity index (χ1n) is 7.36. The lowest BCUT2D eigenvalue weighted by atomic mass is 10.3. The Labute approximate surface area is 135 Å². The molecule has 6 heteroatoms. The van der Waals surface area contributed by atoms with Crippen LogP contribution in [-0.4, -0.2) is 23.2 Å². The molecule has 0 aliphatic carbocycles. The second-order valence-corrected chi connectivity index (χ2v) is 5.12. The Morgan fingerprint density at radius 2 is 2.09 bits per heavy atom. The summed E-state index contributed by atoms with van der Waals surface area (Å²) in [6, 6.07) is 11.0. The SMILES string of the molecule is CC(C)Oc1cccc(N=CC(=O)NNCc2ccncc2)c1. The lowest BCUT2D eigenvalue weighted by molar-refractivity contribution is -0.115. The van der Waals surface area contributed by atoms with Crippen LogP contribution in [0.4, 0.5) is 5.69 Å². The van der Waals surface area contributed by atoms with Crippen molar-refractivity contribution in [2.75, 3.05) is 0 Å². The van der Waals surface area contributed by atoms with Gasteiger partial charge in [0, 0.05) is 25.0 Å². The largest absolute Gasteiger partial charge is 0.491 e. The van der Waals surface area contributed by atoms with Crippen LogP contribution in [0.2, 0.25) is 0 Å². The van der Waals surface area contributed by atoms with Gasteiger partial charge in [-0.3, -0.25) is 20.2 Å². The number of carbonyl (C=O) groups excluding carboxylic acids is 1. The van der Waals surface area contributed by atoms with Crippen molar-refractivity contribution in [1.82, 2.24) is 15.8 Å². The maximum Gasteiger partial charge on any atom is 0.276 e. The van der Waals surface area contributed by atoms with Crippen molar-refractivity contribution in [1.29, 1.82) is 0 Å². The Kier molecular flexibility index (Phi) is 6.26. The molecule has 0 bridgehead atoms. The normalized spacial score (nSPS) is 10.9. The first kappa shape index (κ1) is 16.6. The monoisotopic (exact) mass is 312 g/mol. The average molecular weight is 312 g/mol. The number of amides is 1. The Morgan fingerprint density at radius 3 is 2.83 bits per heavy atom. The van der Waals surface area contributed by atoms with Crippen LogP contribution in [0.25, 0.3) is 0 Å². The van der Waals surface area contributed by atoms with Crippen LogP contribution in [-0.2, 0) is 11.3 Å². The standard InChI is InChI=1S/C17H20N4O2/c1-13(2)23-16-5-3-4-15(10-16)19-12-17(22)21-20-11-14-6-8-18-9-7-14/h3-10,12-13,20H,11H2,1-2H3,(H,21,22). The van der Waals surface area contributed by atoms with Gasteiger partial charge in [0.15, 0.2) is 0 Å². The van der Waals surface area contributed by atoms with Gasteiger partial charge in [-0.2, -0.15) is 0 Å². The number of pyridine rings is 1. The van der Waals surface area contributed by atoms with E-state index in [1.807, 2.05) is 38.1 Å². The third-order valence-corrected chi connectivity index (χ3v) is 2.77. The van der Waals surface area contributed by atoms with Crippen LogP contribution in [0, 0.1) is 0 Å². The van der Waals surface area contributed by atoms with Gasteiger partial charge in [0.05, 0.1) is 18.0 Å². The van der Waals surface area contributed by atoms with Crippen LogP contribution in [0.5, 0.6) is 5.75 Å². The average Bonchev–Trinajstić information content (AvgIpc) is 2.54. The molecule has 0 saturated carbocycles. The van der Waals surface area contributed by atoms with Gasteiger partial charge in [-0.25, -0.2) is 5.43 Å². The summed E-state index contributed by atoms with van der Waals surface area (Å²) in [6.07, 6.45) is 4.72. The predicted octanol–water partition coefficient (Wildman–Crippen LogP) is 2.39. The summed E-state index contributed by atoms with van der Waals surface area (Å²) in [5.74, 6) is 0.403. The Morgan fingerprint density at radius 1 is 1.30 bits per heavy atom. The highest BCUT2D eigenvalue weighted by molar-refractivity contribution is 6.26. The molecule has 120 valence electrons. The third kappa shape index (κ3) is 6.27. The second kappa shape index (κ2) is 8.65. The Balaban J connectivity index is 1.81. The number of nitrogens with one attached hydrogen (secondary N) is 2. The van der Waals surface area contributed by atoms with Gasteiger partial charge in [-0.1, -0.05) is 6.07 Å². The summed E-state index contributed by atoms with van der Waals surface area (Å²) >= 11 is 0. The molecular formula is C17H20N4O2. The first-order chi connectivity index (χ1) is 11.1. The van der Waals surface area contributed by atoms with Crippen molar-refractivity contribution in [3.63, 3.8) is 0 Å². The molecule has 1 aromatic carbocycles. The highest BCUT2D eigenvalue weighted by Gasteiger charge is 2.00. The topological polar surface area (TPSA) is 75.6 Å². The van der Waals surface area contributed by atoms with Crippen LogP contribution in [0.3, 0.4) is 0 Å².